The topological polar surface area (TPSA) is 72.8 Å². The van der Waals surface area contributed by atoms with Crippen LogP contribution in [0.3, 0.4) is 0 Å². The molecule has 0 rings (SSSR count). The van der Waals surface area contributed by atoms with Crippen LogP contribution < -0.4 is 0 Å². The van der Waals surface area contributed by atoms with Crippen molar-refractivity contribution in [3.05, 3.63) is 24.3 Å². The van der Waals surface area contributed by atoms with E-state index < -0.39 is 12.1 Å². The molecule has 0 radical (unpaired) electrons. The van der Waals surface area contributed by atoms with E-state index in [1.807, 2.05) is 0 Å². The Hall–Kier alpha value is -1.62. The van der Waals surface area contributed by atoms with Gasteiger partial charge in [0, 0.05) is 11.1 Å². The van der Waals surface area contributed by atoms with Crippen LogP contribution in [0.5, 0.6) is 0 Å². The molecule has 0 amide bonds. The molecule has 164 valence electrons. The highest BCUT2D eigenvalue weighted by atomic mass is 16.5. The van der Waals surface area contributed by atoms with Crippen molar-refractivity contribution in [2.24, 2.45) is 0 Å². The molecule has 5 nitrogen and oxygen atoms in total. The van der Waals surface area contributed by atoms with Crippen molar-refractivity contribution < 1.29 is 24.2 Å². The van der Waals surface area contributed by atoms with E-state index in [1.165, 1.54) is 57.8 Å². The first-order valence-electron chi connectivity index (χ1n) is 10.6. The van der Waals surface area contributed by atoms with Crippen molar-refractivity contribution in [1.82, 2.24) is 0 Å². The lowest BCUT2D eigenvalue weighted by Gasteiger charge is -2.04. The third-order valence-corrected chi connectivity index (χ3v) is 3.88. The van der Waals surface area contributed by atoms with Crippen LogP contribution >= 0.6 is 0 Å². The highest BCUT2D eigenvalue weighted by Crippen LogP contribution is 2.10. The molecule has 0 fully saturated rings. The molecule has 0 heterocycles. The maximum atomic E-state index is 11.1. The van der Waals surface area contributed by atoms with Gasteiger partial charge in [0.1, 0.15) is 6.61 Å². The summed E-state index contributed by atoms with van der Waals surface area (Å²) in [6.07, 6.45) is 12.4. The van der Waals surface area contributed by atoms with Gasteiger partial charge in [0.05, 0.1) is 12.7 Å². The zero-order valence-corrected chi connectivity index (χ0v) is 18.6. The van der Waals surface area contributed by atoms with Gasteiger partial charge in [0.2, 0.25) is 0 Å². The van der Waals surface area contributed by atoms with Crippen LogP contribution in [0.2, 0.25) is 0 Å². The molecule has 0 saturated heterocycles. The number of esters is 2. The minimum Gasteiger partial charge on any atom is -0.462 e. The maximum absolute atomic E-state index is 11.1. The number of ether oxygens (including phenoxy) is 2. The molecule has 0 spiro atoms. The van der Waals surface area contributed by atoms with E-state index >= 15 is 0 Å². The average Bonchev–Trinajstić information content (AvgIpc) is 2.64. The molecule has 5 heteroatoms. The molecule has 1 unspecified atom stereocenters. The molecular weight excluding hydrogens is 356 g/mol. The van der Waals surface area contributed by atoms with Crippen LogP contribution in [0.4, 0.5) is 0 Å². The lowest BCUT2D eigenvalue weighted by molar-refractivity contribution is -0.141. The summed E-state index contributed by atoms with van der Waals surface area (Å²) in [6.45, 7) is 14.5. The van der Waals surface area contributed by atoms with Crippen LogP contribution in [0.1, 0.15) is 91.9 Å². The zero-order valence-electron chi connectivity index (χ0n) is 18.6. The SMILES string of the molecule is C=C(C)C(=O)OCC(C)O.C=C(C)C(=O)OCCCCCCCCCCCC. The fourth-order valence-electron chi connectivity index (χ4n) is 2.20. The Morgan fingerprint density at radius 3 is 1.57 bits per heavy atom. The summed E-state index contributed by atoms with van der Waals surface area (Å²) in [5.74, 6) is -0.716. The van der Waals surface area contributed by atoms with Crippen molar-refractivity contribution >= 4 is 11.9 Å². The molecule has 0 saturated carbocycles. The van der Waals surface area contributed by atoms with Crippen molar-refractivity contribution in [2.45, 2.75) is 98.0 Å². The number of aliphatic hydroxyl groups excluding tert-OH is 1. The van der Waals surface area contributed by atoms with Gasteiger partial charge in [-0.3, -0.25) is 0 Å². The average molecular weight is 399 g/mol. The lowest BCUT2D eigenvalue weighted by atomic mass is 10.1. The molecule has 0 aliphatic rings. The van der Waals surface area contributed by atoms with Gasteiger partial charge in [-0.2, -0.15) is 0 Å². The lowest BCUT2D eigenvalue weighted by Crippen LogP contribution is -2.15. The minimum atomic E-state index is -0.608. The van der Waals surface area contributed by atoms with E-state index in [0.717, 1.165) is 6.42 Å². The van der Waals surface area contributed by atoms with Crippen molar-refractivity contribution in [1.29, 1.82) is 0 Å². The first-order valence-corrected chi connectivity index (χ1v) is 10.6. The Morgan fingerprint density at radius 1 is 0.786 bits per heavy atom. The quantitative estimate of drug-likeness (QED) is 0.224. The third-order valence-electron chi connectivity index (χ3n) is 3.88. The Balaban J connectivity index is 0. The molecule has 0 aliphatic carbocycles. The molecule has 0 aromatic heterocycles. The van der Waals surface area contributed by atoms with E-state index in [4.69, 9.17) is 9.84 Å². The molecule has 1 atom stereocenters. The summed E-state index contributed by atoms with van der Waals surface area (Å²) in [7, 11) is 0. The zero-order chi connectivity index (χ0) is 21.8. The number of carbonyl (C=O) groups excluding carboxylic acids is 2. The minimum absolute atomic E-state index is 0.0334. The van der Waals surface area contributed by atoms with Gasteiger partial charge in [-0.15, -0.1) is 0 Å². The summed E-state index contributed by atoms with van der Waals surface area (Å²) in [5.41, 5.74) is 0.836. The van der Waals surface area contributed by atoms with Crippen LogP contribution in [-0.2, 0) is 19.1 Å². The maximum Gasteiger partial charge on any atom is 0.333 e. The Morgan fingerprint density at radius 2 is 1.18 bits per heavy atom. The van der Waals surface area contributed by atoms with Gasteiger partial charge in [0.15, 0.2) is 0 Å². The van der Waals surface area contributed by atoms with E-state index in [9.17, 15) is 9.59 Å². The number of carbonyl (C=O) groups is 2. The monoisotopic (exact) mass is 398 g/mol. The second-order valence-electron chi connectivity index (χ2n) is 7.33. The number of hydrogen-bond acceptors (Lipinski definition) is 5. The highest BCUT2D eigenvalue weighted by molar-refractivity contribution is 5.87. The summed E-state index contributed by atoms with van der Waals surface area (Å²) in [4.78, 5) is 21.7. The first-order chi connectivity index (χ1) is 13.2. The largest absolute Gasteiger partial charge is 0.462 e. The fourth-order valence-corrected chi connectivity index (χ4v) is 2.20. The molecular formula is C23H42O5. The summed E-state index contributed by atoms with van der Waals surface area (Å²) in [5, 5.41) is 8.68. The molecule has 0 aromatic rings. The predicted octanol–water partition coefficient (Wildman–Crippen LogP) is 5.51. The normalized spacial score (nSPS) is 11.0. The first kappa shape index (κ1) is 28.6. The second kappa shape index (κ2) is 20.1. The van der Waals surface area contributed by atoms with Crippen molar-refractivity contribution in [3.8, 4) is 0 Å². The third kappa shape index (κ3) is 22.4. The molecule has 28 heavy (non-hydrogen) atoms. The van der Waals surface area contributed by atoms with E-state index in [0.29, 0.717) is 17.8 Å². The van der Waals surface area contributed by atoms with Gasteiger partial charge in [-0.05, 0) is 27.2 Å². The number of rotatable bonds is 15. The Labute approximate surface area is 172 Å². The second-order valence-corrected chi connectivity index (χ2v) is 7.33. The number of hydrogen-bond donors (Lipinski definition) is 1. The fraction of sp³-hybridized carbons (Fsp3) is 0.739. The van der Waals surface area contributed by atoms with Crippen LogP contribution in [-0.4, -0.2) is 36.4 Å². The van der Waals surface area contributed by atoms with Crippen LogP contribution in [0.15, 0.2) is 24.3 Å². The van der Waals surface area contributed by atoms with E-state index in [2.05, 4.69) is 24.8 Å². The smallest absolute Gasteiger partial charge is 0.333 e. The van der Waals surface area contributed by atoms with E-state index in [-0.39, 0.29) is 12.6 Å². The van der Waals surface area contributed by atoms with Gasteiger partial charge >= 0.3 is 11.9 Å². The summed E-state index contributed by atoms with van der Waals surface area (Å²) < 4.78 is 9.61. The molecule has 0 aromatic carbocycles. The Bertz CT molecular complexity index is 440. The summed E-state index contributed by atoms with van der Waals surface area (Å²) >= 11 is 0. The van der Waals surface area contributed by atoms with E-state index in [1.54, 1.807) is 20.8 Å². The summed E-state index contributed by atoms with van der Waals surface area (Å²) in [6, 6.07) is 0. The molecule has 1 N–H and O–H groups in total. The number of aliphatic hydroxyl groups is 1. The van der Waals surface area contributed by atoms with Gasteiger partial charge in [-0.1, -0.05) is 77.9 Å². The van der Waals surface area contributed by atoms with Crippen molar-refractivity contribution in [2.75, 3.05) is 13.2 Å². The molecule has 0 bridgehead atoms. The van der Waals surface area contributed by atoms with Crippen LogP contribution in [0.25, 0.3) is 0 Å². The van der Waals surface area contributed by atoms with Crippen LogP contribution in [0, 0.1) is 0 Å². The molecule has 0 aliphatic heterocycles. The predicted molar refractivity (Wildman–Crippen MR) is 115 cm³/mol. The van der Waals surface area contributed by atoms with Gasteiger partial charge in [0.25, 0.3) is 0 Å². The highest BCUT2D eigenvalue weighted by Gasteiger charge is 2.04. The number of unbranched alkanes of at least 4 members (excludes halogenated alkanes) is 9. The Kier molecular flexibility index (Phi) is 20.5. The van der Waals surface area contributed by atoms with Gasteiger partial charge in [-0.25, -0.2) is 9.59 Å². The standard InChI is InChI=1S/C16H30O2.C7H12O3/c1-4-5-6-7-8-9-10-11-12-13-14-18-16(17)15(2)3;1-5(2)7(9)10-4-6(3)8/h2,4-14H2,1,3H3;6,8H,1,4H2,2-3H3. The van der Waals surface area contributed by atoms with Crippen molar-refractivity contribution in [3.63, 3.8) is 0 Å². The van der Waals surface area contributed by atoms with Gasteiger partial charge < -0.3 is 14.6 Å².